The molecule has 0 atom stereocenters. The highest BCUT2D eigenvalue weighted by molar-refractivity contribution is 6.44. The molecule has 0 saturated heterocycles. The van der Waals surface area contributed by atoms with Crippen LogP contribution in [0.4, 0.5) is 0 Å². The normalized spacial score (nSPS) is 10.9. The molecule has 0 bridgehead atoms. The first-order valence-corrected chi connectivity index (χ1v) is 5.45. The molecule has 3 heteroatoms. The molecule has 0 saturated carbocycles. The number of hydrogen-bond donors (Lipinski definition) is 0. The Bertz CT molecular complexity index is 480. The summed E-state index contributed by atoms with van der Waals surface area (Å²) in [5.74, 6) is 0.836. The summed E-state index contributed by atoms with van der Waals surface area (Å²) < 4.78 is 5.28. The van der Waals surface area contributed by atoms with Gasteiger partial charge in [0.1, 0.15) is 10.6 Å². The Morgan fingerprint density at radius 3 is 2.27 bits per heavy atom. The summed E-state index contributed by atoms with van der Waals surface area (Å²) in [6, 6.07) is 11.7. The molecule has 0 amide bonds. The highest BCUT2D eigenvalue weighted by atomic mass is 35.5. The van der Waals surface area contributed by atoms with Crippen LogP contribution in [-0.4, -0.2) is 7.11 Å². The number of alkyl halides is 2. The van der Waals surface area contributed by atoms with Crippen molar-refractivity contribution in [1.82, 2.24) is 0 Å². The van der Waals surface area contributed by atoms with Crippen LogP contribution >= 0.6 is 23.2 Å². The van der Waals surface area contributed by atoms with Gasteiger partial charge in [-0.05, 0) is 17.0 Å². The lowest BCUT2D eigenvalue weighted by Crippen LogP contribution is -1.89. The Balaban J connectivity index is 2.77. The van der Waals surface area contributed by atoms with Gasteiger partial charge in [-0.25, -0.2) is 0 Å². The van der Waals surface area contributed by atoms with E-state index in [4.69, 9.17) is 27.9 Å². The zero-order chi connectivity index (χ0) is 10.8. The van der Waals surface area contributed by atoms with Gasteiger partial charge in [-0.2, -0.15) is 0 Å². The minimum absolute atomic E-state index is 0.513. The Morgan fingerprint density at radius 2 is 1.67 bits per heavy atom. The van der Waals surface area contributed by atoms with E-state index in [1.165, 1.54) is 0 Å². The smallest absolute Gasteiger partial charge is 0.133 e. The van der Waals surface area contributed by atoms with Crippen molar-refractivity contribution in [2.75, 3.05) is 7.11 Å². The molecule has 1 nitrogen and oxygen atoms in total. The van der Waals surface area contributed by atoms with Crippen LogP contribution in [0.15, 0.2) is 36.4 Å². The van der Waals surface area contributed by atoms with Crippen LogP contribution in [0.1, 0.15) is 10.4 Å². The van der Waals surface area contributed by atoms with Crippen molar-refractivity contribution in [3.63, 3.8) is 0 Å². The third-order valence-electron chi connectivity index (χ3n) is 2.37. The van der Waals surface area contributed by atoms with Gasteiger partial charge in [0.05, 0.1) is 7.11 Å². The maximum atomic E-state index is 5.90. The molecule has 0 aliphatic rings. The third kappa shape index (κ3) is 1.90. The molecular weight excluding hydrogens is 231 g/mol. The fraction of sp³-hybridized carbons (Fsp3) is 0.167. The Hall–Kier alpha value is -0.920. The van der Waals surface area contributed by atoms with Gasteiger partial charge >= 0.3 is 0 Å². The van der Waals surface area contributed by atoms with Gasteiger partial charge in [0, 0.05) is 5.39 Å². The molecule has 0 spiro atoms. The summed E-state index contributed by atoms with van der Waals surface area (Å²) in [5, 5.41) is 2.07. The number of methoxy groups -OCH3 is 1. The number of fused-ring (bicyclic) bond motifs is 1. The zero-order valence-corrected chi connectivity index (χ0v) is 9.72. The Kier molecular flexibility index (Phi) is 3.03. The fourth-order valence-corrected chi connectivity index (χ4v) is 2.04. The van der Waals surface area contributed by atoms with E-state index in [2.05, 4.69) is 0 Å². The number of halogens is 2. The highest BCUT2D eigenvalue weighted by Gasteiger charge is 2.10. The SMILES string of the molecule is COc1ccc(C(Cl)Cl)c2ccccc12. The van der Waals surface area contributed by atoms with Crippen molar-refractivity contribution in [1.29, 1.82) is 0 Å². The van der Waals surface area contributed by atoms with Crippen LogP contribution in [0.5, 0.6) is 5.75 Å². The quantitative estimate of drug-likeness (QED) is 0.711. The lowest BCUT2D eigenvalue weighted by molar-refractivity contribution is 0.420. The van der Waals surface area contributed by atoms with E-state index in [0.717, 1.165) is 22.1 Å². The summed E-state index contributed by atoms with van der Waals surface area (Å²) in [4.78, 5) is -0.513. The summed E-state index contributed by atoms with van der Waals surface area (Å²) in [6.45, 7) is 0. The lowest BCUT2D eigenvalue weighted by Gasteiger charge is -2.10. The minimum atomic E-state index is -0.513. The maximum absolute atomic E-state index is 5.90. The van der Waals surface area contributed by atoms with E-state index in [0.29, 0.717) is 0 Å². The molecule has 0 aromatic heterocycles. The van der Waals surface area contributed by atoms with E-state index in [1.807, 2.05) is 36.4 Å². The van der Waals surface area contributed by atoms with Gasteiger partial charge in [0.2, 0.25) is 0 Å². The monoisotopic (exact) mass is 240 g/mol. The molecule has 0 aliphatic carbocycles. The Morgan fingerprint density at radius 1 is 1.00 bits per heavy atom. The fourth-order valence-electron chi connectivity index (χ4n) is 1.66. The molecule has 0 unspecified atom stereocenters. The van der Waals surface area contributed by atoms with Crippen molar-refractivity contribution in [2.24, 2.45) is 0 Å². The van der Waals surface area contributed by atoms with Gasteiger partial charge < -0.3 is 4.74 Å². The van der Waals surface area contributed by atoms with Crippen LogP contribution < -0.4 is 4.74 Å². The van der Waals surface area contributed by atoms with Crippen molar-refractivity contribution < 1.29 is 4.74 Å². The summed E-state index contributed by atoms with van der Waals surface area (Å²) in [5.41, 5.74) is 0.912. The van der Waals surface area contributed by atoms with Crippen LogP contribution in [0.25, 0.3) is 10.8 Å². The van der Waals surface area contributed by atoms with E-state index in [1.54, 1.807) is 7.11 Å². The van der Waals surface area contributed by atoms with Gasteiger partial charge in [-0.1, -0.05) is 30.3 Å². The molecule has 15 heavy (non-hydrogen) atoms. The molecule has 0 heterocycles. The summed E-state index contributed by atoms with van der Waals surface area (Å²) in [6.07, 6.45) is 0. The lowest BCUT2D eigenvalue weighted by atomic mass is 10.0. The largest absolute Gasteiger partial charge is 0.496 e. The van der Waals surface area contributed by atoms with Crippen molar-refractivity contribution in [2.45, 2.75) is 4.84 Å². The zero-order valence-electron chi connectivity index (χ0n) is 8.21. The van der Waals surface area contributed by atoms with E-state index >= 15 is 0 Å². The van der Waals surface area contributed by atoms with Gasteiger partial charge in [0.15, 0.2) is 0 Å². The molecule has 0 aliphatic heterocycles. The molecule has 2 aromatic rings. The molecule has 0 radical (unpaired) electrons. The second-order valence-electron chi connectivity index (χ2n) is 3.20. The molecule has 0 N–H and O–H groups in total. The standard InChI is InChI=1S/C12H10Cl2O/c1-15-11-7-6-10(12(13)14)8-4-2-3-5-9(8)11/h2-7,12H,1H3. The second kappa shape index (κ2) is 4.30. The predicted octanol–water partition coefficient (Wildman–Crippen LogP) is 4.32. The average molecular weight is 241 g/mol. The molecule has 2 aromatic carbocycles. The van der Waals surface area contributed by atoms with E-state index < -0.39 is 4.84 Å². The number of benzene rings is 2. The van der Waals surface area contributed by atoms with Crippen LogP contribution in [-0.2, 0) is 0 Å². The van der Waals surface area contributed by atoms with Crippen molar-refractivity contribution >= 4 is 34.0 Å². The first-order valence-electron chi connectivity index (χ1n) is 4.58. The van der Waals surface area contributed by atoms with Crippen LogP contribution in [0, 0.1) is 0 Å². The molecule has 0 fully saturated rings. The Labute approximate surface area is 98.6 Å². The van der Waals surface area contributed by atoms with E-state index in [-0.39, 0.29) is 0 Å². The summed E-state index contributed by atoms with van der Waals surface area (Å²) >= 11 is 11.8. The minimum Gasteiger partial charge on any atom is -0.496 e. The molecule has 78 valence electrons. The van der Waals surface area contributed by atoms with Gasteiger partial charge in [-0.3, -0.25) is 0 Å². The van der Waals surface area contributed by atoms with Crippen LogP contribution in [0.3, 0.4) is 0 Å². The maximum Gasteiger partial charge on any atom is 0.133 e. The number of rotatable bonds is 2. The number of hydrogen-bond acceptors (Lipinski definition) is 1. The third-order valence-corrected chi connectivity index (χ3v) is 2.84. The van der Waals surface area contributed by atoms with Crippen LogP contribution in [0.2, 0.25) is 0 Å². The van der Waals surface area contributed by atoms with Crippen molar-refractivity contribution in [3.8, 4) is 5.75 Å². The first kappa shape index (κ1) is 10.6. The number of ether oxygens (including phenoxy) is 1. The molecular formula is C12H10Cl2O. The second-order valence-corrected chi connectivity index (χ2v) is 4.30. The molecule has 2 rings (SSSR count). The first-order chi connectivity index (χ1) is 7.24. The average Bonchev–Trinajstić information content (AvgIpc) is 2.27. The highest BCUT2D eigenvalue weighted by Crippen LogP contribution is 2.35. The summed E-state index contributed by atoms with van der Waals surface area (Å²) in [7, 11) is 1.65. The van der Waals surface area contributed by atoms with Crippen molar-refractivity contribution in [3.05, 3.63) is 42.0 Å². The topological polar surface area (TPSA) is 9.23 Å². The van der Waals surface area contributed by atoms with Gasteiger partial charge in [-0.15, -0.1) is 23.2 Å². The van der Waals surface area contributed by atoms with Gasteiger partial charge in [0.25, 0.3) is 0 Å². The van der Waals surface area contributed by atoms with E-state index in [9.17, 15) is 0 Å². The predicted molar refractivity (Wildman–Crippen MR) is 64.9 cm³/mol.